The number of carbonyl (C=O) groups is 4. The van der Waals surface area contributed by atoms with E-state index < -0.39 is 17.6 Å². The van der Waals surface area contributed by atoms with Crippen LogP contribution in [0.1, 0.15) is 74.1 Å². The molecule has 0 spiro atoms. The van der Waals surface area contributed by atoms with E-state index in [1.165, 1.54) is 0 Å². The molecular weight excluding hydrogens is 476 g/mol. The van der Waals surface area contributed by atoms with E-state index in [1.54, 1.807) is 39.0 Å². The van der Waals surface area contributed by atoms with Crippen molar-refractivity contribution in [2.45, 2.75) is 59.0 Å². The van der Waals surface area contributed by atoms with Gasteiger partial charge in [0.1, 0.15) is 11.4 Å². The zero-order chi connectivity index (χ0) is 27.0. The lowest BCUT2D eigenvalue weighted by Crippen LogP contribution is -2.39. The van der Waals surface area contributed by atoms with Crippen LogP contribution < -0.4 is 10.6 Å². The largest absolute Gasteiger partial charge is 0.444 e. The lowest BCUT2D eigenvalue weighted by molar-refractivity contribution is -0.127. The number of ketones is 3. The molecule has 1 aromatic rings. The van der Waals surface area contributed by atoms with Gasteiger partial charge in [0.25, 0.3) is 0 Å². The molecule has 1 fully saturated rings. The maximum absolute atomic E-state index is 13.3. The van der Waals surface area contributed by atoms with Gasteiger partial charge in [-0.3, -0.25) is 14.4 Å². The summed E-state index contributed by atoms with van der Waals surface area (Å²) < 4.78 is 16.1. The first-order valence-corrected chi connectivity index (χ1v) is 13.2. The van der Waals surface area contributed by atoms with Crippen molar-refractivity contribution < 1.29 is 33.4 Å². The van der Waals surface area contributed by atoms with Crippen LogP contribution in [-0.2, 0) is 19.0 Å². The first kappa shape index (κ1) is 28.8. The number of ether oxygens (including phenoxy) is 3. The highest BCUT2D eigenvalue weighted by molar-refractivity contribution is 6.18. The van der Waals surface area contributed by atoms with E-state index in [1.807, 2.05) is 0 Å². The maximum atomic E-state index is 13.3. The van der Waals surface area contributed by atoms with E-state index in [-0.39, 0.29) is 29.7 Å². The predicted molar refractivity (Wildman–Crippen MR) is 139 cm³/mol. The molecule has 1 saturated carbocycles. The van der Waals surface area contributed by atoms with Crippen LogP contribution >= 0.6 is 0 Å². The second-order valence-corrected chi connectivity index (χ2v) is 10.9. The zero-order valence-electron chi connectivity index (χ0n) is 22.4. The van der Waals surface area contributed by atoms with Gasteiger partial charge in [-0.2, -0.15) is 0 Å². The van der Waals surface area contributed by atoms with Gasteiger partial charge in [-0.15, -0.1) is 0 Å². The van der Waals surface area contributed by atoms with Crippen molar-refractivity contribution in [3.63, 3.8) is 0 Å². The Hall–Kier alpha value is -2.78. The number of Topliss-reactive ketones (excluding diaryl/α,β-unsaturated/α-hetero) is 3. The molecule has 3 rings (SSSR count). The lowest BCUT2D eigenvalue weighted by atomic mass is 9.68. The molecule has 0 radical (unpaired) electrons. The van der Waals surface area contributed by atoms with Crippen molar-refractivity contribution in [3.8, 4) is 0 Å². The van der Waals surface area contributed by atoms with Gasteiger partial charge in [-0.25, -0.2) is 4.79 Å². The fourth-order valence-corrected chi connectivity index (χ4v) is 4.89. The average Bonchev–Trinajstić information content (AvgIpc) is 2.81. The van der Waals surface area contributed by atoms with E-state index in [2.05, 4.69) is 17.6 Å². The smallest absolute Gasteiger partial charge is 0.407 e. The molecule has 9 heteroatoms. The minimum Gasteiger partial charge on any atom is -0.444 e. The summed E-state index contributed by atoms with van der Waals surface area (Å²) in [7, 11) is 0. The summed E-state index contributed by atoms with van der Waals surface area (Å²) in [5.41, 5.74) is 0.907. The first-order valence-electron chi connectivity index (χ1n) is 13.2. The number of hydrogen-bond acceptors (Lipinski definition) is 8. The third-order valence-corrected chi connectivity index (χ3v) is 6.62. The highest BCUT2D eigenvalue weighted by atomic mass is 16.6. The van der Waals surface area contributed by atoms with Crippen molar-refractivity contribution in [1.29, 1.82) is 0 Å². The van der Waals surface area contributed by atoms with E-state index in [4.69, 9.17) is 14.2 Å². The number of nitrogens with one attached hydrogen (secondary N) is 2. The Labute approximate surface area is 219 Å². The van der Waals surface area contributed by atoms with Crippen LogP contribution in [0.4, 0.5) is 10.5 Å². The maximum Gasteiger partial charge on any atom is 0.407 e. The molecule has 2 aliphatic rings. The Morgan fingerprint density at radius 3 is 2.32 bits per heavy atom. The third kappa shape index (κ3) is 8.36. The van der Waals surface area contributed by atoms with Gasteiger partial charge in [-0.05, 0) is 45.6 Å². The van der Waals surface area contributed by atoms with Gasteiger partial charge in [0, 0.05) is 49.0 Å². The fourth-order valence-electron chi connectivity index (χ4n) is 4.89. The minimum absolute atomic E-state index is 0.0892. The Kier molecular flexibility index (Phi) is 10.2. The molecule has 0 aromatic heterocycles. The molecule has 0 saturated heterocycles. The number of fused-ring (bicyclic) bond motifs is 1. The monoisotopic (exact) mass is 516 g/mol. The Bertz CT molecular complexity index is 985. The molecule has 3 unspecified atom stereocenters. The summed E-state index contributed by atoms with van der Waals surface area (Å²) in [5, 5.41) is 5.83. The number of hydrogen-bond donors (Lipinski definition) is 2. The molecule has 37 heavy (non-hydrogen) atoms. The number of amides is 1. The molecule has 3 atom stereocenters. The normalized spacial score (nSPS) is 21.9. The predicted octanol–water partition coefficient (Wildman–Crippen LogP) is 4.05. The van der Waals surface area contributed by atoms with Gasteiger partial charge >= 0.3 is 6.09 Å². The van der Waals surface area contributed by atoms with Crippen LogP contribution in [0, 0.1) is 17.8 Å². The molecule has 2 aliphatic carbocycles. The molecule has 0 bridgehead atoms. The second kappa shape index (κ2) is 13.1. The second-order valence-electron chi connectivity index (χ2n) is 10.9. The summed E-state index contributed by atoms with van der Waals surface area (Å²) in [6.07, 6.45) is 1.70. The highest BCUT2D eigenvalue weighted by Crippen LogP contribution is 2.39. The van der Waals surface area contributed by atoms with Crippen molar-refractivity contribution in [1.82, 2.24) is 5.32 Å². The van der Waals surface area contributed by atoms with Crippen molar-refractivity contribution >= 4 is 29.1 Å². The highest BCUT2D eigenvalue weighted by Gasteiger charge is 2.42. The third-order valence-electron chi connectivity index (χ3n) is 6.62. The van der Waals surface area contributed by atoms with E-state index in [0.29, 0.717) is 75.1 Å². The topological polar surface area (TPSA) is 120 Å². The SMILES string of the molecule is CC1CCC(C2CC(=O)c3c(NCCOCCOCCNC(=O)OC(C)(C)C)cccc3C2=O)C(=O)C1. The van der Waals surface area contributed by atoms with Crippen LogP contribution in [0.5, 0.6) is 0 Å². The standard InChI is InChI=1S/C28H40N2O7/c1-18-8-9-19(23(31)16-18)21-17-24(32)25-20(26(21)33)6-5-7-22(25)29-10-12-35-14-15-36-13-11-30-27(34)37-28(2,3)4/h5-7,18-19,21,29H,8-17H2,1-4H3,(H,30,34). The van der Waals surface area contributed by atoms with Gasteiger partial charge in [-0.1, -0.05) is 19.1 Å². The van der Waals surface area contributed by atoms with Gasteiger partial charge in [0.2, 0.25) is 0 Å². The molecule has 9 nitrogen and oxygen atoms in total. The Morgan fingerprint density at radius 1 is 0.946 bits per heavy atom. The zero-order valence-corrected chi connectivity index (χ0v) is 22.4. The molecule has 1 aromatic carbocycles. The molecule has 2 N–H and O–H groups in total. The number of alkyl carbamates (subject to hydrolysis) is 1. The van der Waals surface area contributed by atoms with Crippen molar-refractivity contribution in [2.75, 3.05) is 44.8 Å². The molecule has 1 amide bonds. The number of rotatable bonds is 11. The summed E-state index contributed by atoms with van der Waals surface area (Å²) in [4.78, 5) is 50.5. The van der Waals surface area contributed by atoms with E-state index >= 15 is 0 Å². The van der Waals surface area contributed by atoms with Gasteiger partial charge in [0.05, 0.1) is 32.0 Å². The van der Waals surface area contributed by atoms with Crippen molar-refractivity contribution in [2.24, 2.45) is 17.8 Å². The van der Waals surface area contributed by atoms with E-state index in [9.17, 15) is 19.2 Å². The lowest BCUT2D eigenvalue weighted by Gasteiger charge is -2.33. The quantitative estimate of drug-likeness (QED) is 0.423. The Balaban J connectivity index is 1.38. The van der Waals surface area contributed by atoms with Crippen molar-refractivity contribution in [3.05, 3.63) is 29.3 Å². The summed E-state index contributed by atoms with van der Waals surface area (Å²) in [6.45, 7) is 9.76. The number of carbonyl (C=O) groups excluding carboxylic acids is 4. The molecule has 0 heterocycles. The molecular formula is C28H40N2O7. The van der Waals surface area contributed by atoms with Crippen LogP contribution in [0.3, 0.4) is 0 Å². The minimum atomic E-state index is -0.544. The summed E-state index contributed by atoms with van der Waals surface area (Å²) in [5.74, 6) is -0.623. The first-order chi connectivity index (χ1) is 17.6. The van der Waals surface area contributed by atoms with E-state index in [0.717, 1.165) is 6.42 Å². The van der Waals surface area contributed by atoms with Gasteiger partial charge < -0.3 is 24.8 Å². The average molecular weight is 517 g/mol. The summed E-state index contributed by atoms with van der Waals surface area (Å²) in [6, 6.07) is 5.24. The molecule has 204 valence electrons. The Morgan fingerprint density at radius 2 is 1.65 bits per heavy atom. The van der Waals surface area contributed by atoms with Crippen LogP contribution in [0.15, 0.2) is 18.2 Å². The molecule has 0 aliphatic heterocycles. The van der Waals surface area contributed by atoms with Gasteiger partial charge in [0.15, 0.2) is 11.6 Å². The fraction of sp³-hybridized carbons (Fsp3) is 0.643. The number of anilines is 1. The van der Waals surface area contributed by atoms with Crippen LogP contribution in [0.2, 0.25) is 0 Å². The summed E-state index contributed by atoms with van der Waals surface area (Å²) >= 11 is 0. The number of benzene rings is 1. The van der Waals surface area contributed by atoms with Crippen LogP contribution in [0.25, 0.3) is 0 Å². The van der Waals surface area contributed by atoms with Crippen LogP contribution in [-0.4, -0.2) is 68.6 Å².